The predicted molar refractivity (Wildman–Crippen MR) is 48.1 cm³/mol. The van der Waals surface area contributed by atoms with E-state index in [4.69, 9.17) is 0 Å². The molecule has 0 aliphatic heterocycles. The van der Waals surface area contributed by atoms with Gasteiger partial charge in [-0.3, -0.25) is 0 Å². The molecule has 0 saturated carbocycles. The van der Waals surface area contributed by atoms with Crippen LogP contribution in [0, 0.1) is 6.16 Å². The summed E-state index contributed by atoms with van der Waals surface area (Å²) in [6, 6.07) is 6.68. The number of thiol groups is 1. The normalized spacial score (nSPS) is 10.4. The highest BCUT2D eigenvalue weighted by atomic mass is 32.2. The average molecular weight is 187 g/mol. The van der Waals surface area contributed by atoms with Crippen molar-refractivity contribution in [3.63, 3.8) is 0 Å². The quantitative estimate of drug-likeness (QED) is 0.554. The van der Waals surface area contributed by atoms with E-state index in [0.717, 1.165) is 5.56 Å². The van der Waals surface area contributed by atoms with E-state index in [1.165, 1.54) is 0 Å². The molecular formula is C7H8O2PS. The Labute approximate surface area is 69.8 Å². The van der Waals surface area contributed by atoms with Gasteiger partial charge in [-0.2, -0.15) is 0 Å². The van der Waals surface area contributed by atoms with Crippen LogP contribution in [-0.2, 0) is 10.7 Å². The summed E-state index contributed by atoms with van der Waals surface area (Å²) in [4.78, 5) is 0.357. The zero-order valence-corrected chi connectivity index (χ0v) is 7.78. The first-order valence-corrected chi connectivity index (χ1v) is 4.88. The van der Waals surface area contributed by atoms with Crippen LogP contribution in [0.15, 0.2) is 29.2 Å². The third-order valence-corrected chi connectivity index (χ3v) is 2.40. The lowest BCUT2D eigenvalue weighted by Gasteiger charge is -1.93. The van der Waals surface area contributed by atoms with Crippen molar-refractivity contribution in [2.75, 3.05) is 0 Å². The summed E-state index contributed by atoms with van der Waals surface area (Å²) in [5.41, 5.74) is 0.996. The molecule has 0 aliphatic carbocycles. The lowest BCUT2D eigenvalue weighted by atomic mass is 10.2. The topological polar surface area (TPSA) is 34.1 Å². The minimum atomic E-state index is -2.43. The SMILES string of the molecule is O=[SH](=O)c1ccc([CH]P)cc1. The van der Waals surface area contributed by atoms with Gasteiger partial charge in [0.15, 0.2) is 10.7 Å². The smallest absolute Gasteiger partial charge is 0.168 e. The van der Waals surface area contributed by atoms with E-state index in [1.54, 1.807) is 24.3 Å². The van der Waals surface area contributed by atoms with Gasteiger partial charge in [-0.15, -0.1) is 9.24 Å². The Morgan fingerprint density at radius 1 is 1.18 bits per heavy atom. The molecule has 1 radical (unpaired) electrons. The Bertz CT molecular complexity index is 295. The molecule has 2 nitrogen and oxygen atoms in total. The van der Waals surface area contributed by atoms with E-state index in [1.807, 2.05) is 6.16 Å². The van der Waals surface area contributed by atoms with Crippen LogP contribution < -0.4 is 0 Å². The molecule has 1 aromatic carbocycles. The molecule has 0 bridgehead atoms. The van der Waals surface area contributed by atoms with Crippen LogP contribution in [0.2, 0.25) is 0 Å². The molecule has 0 spiro atoms. The van der Waals surface area contributed by atoms with E-state index in [0.29, 0.717) is 4.90 Å². The van der Waals surface area contributed by atoms with Crippen molar-refractivity contribution in [1.29, 1.82) is 0 Å². The van der Waals surface area contributed by atoms with Crippen molar-refractivity contribution in [1.82, 2.24) is 0 Å². The van der Waals surface area contributed by atoms with Crippen LogP contribution in [0.5, 0.6) is 0 Å². The molecule has 1 atom stereocenters. The van der Waals surface area contributed by atoms with E-state index in [9.17, 15) is 8.42 Å². The average Bonchev–Trinajstić information content (AvgIpc) is 2.05. The molecule has 0 heterocycles. The molecule has 11 heavy (non-hydrogen) atoms. The molecule has 0 N–H and O–H groups in total. The summed E-state index contributed by atoms with van der Waals surface area (Å²) >= 11 is 0. The molecule has 0 saturated heterocycles. The third kappa shape index (κ3) is 2.28. The first kappa shape index (κ1) is 8.69. The summed E-state index contributed by atoms with van der Waals surface area (Å²) in [6.07, 6.45) is 1.83. The maximum Gasteiger partial charge on any atom is 0.168 e. The first-order valence-electron chi connectivity index (χ1n) is 3.03. The Morgan fingerprint density at radius 3 is 2.09 bits per heavy atom. The van der Waals surface area contributed by atoms with Crippen LogP contribution in [0.4, 0.5) is 0 Å². The fourth-order valence-electron chi connectivity index (χ4n) is 0.707. The monoisotopic (exact) mass is 187 g/mol. The minimum absolute atomic E-state index is 0.357. The van der Waals surface area contributed by atoms with Crippen molar-refractivity contribution in [3.8, 4) is 0 Å². The van der Waals surface area contributed by atoms with Crippen molar-refractivity contribution >= 4 is 19.9 Å². The van der Waals surface area contributed by atoms with Gasteiger partial charge in [0, 0.05) is 6.16 Å². The van der Waals surface area contributed by atoms with Crippen molar-refractivity contribution in [2.24, 2.45) is 0 Å². The van der Waals surface area contributed by atoms with Gasteiger partial charge >= 0.3 is 0 Å². The Hall–Kier alpha value is -0.400. The van der Waals surface area contributed by atoms with Crippen molar-refractivity contribution < 1.29 is 8.42 Å². The molecular weight excluding hydrogens is 179 g/mol. The Kier molecular flexibility index (Phi) is 3.03. The highest BCUT2D eigenvalue weighted by Crippen LogP contribution is 2.09. The maximum absolute atomic E-state index is 10.4. The van der Waals surface area contributed by atoms with Gasteiger partial charge in [0.1, 0.15) is 0 Å². The molecule has 0 aliphatic rings. The van der Waals surface area contributed by atoms with Crippen LogP contribution in [0.1, 0.15) is 5.56 Å². The largest absolute Gasteiger partial charge is 0.227 e. The number of hydrogen-bond acceptors (Lipinski definition) is 2. The summed E-state index contributed by atoms with van der Waals surface area (Å²) in [5, 5.41) is 0. The Morgan fingerprint density at radius 2 is 1.73 bits per heavy atom. The van der Waals surface area contributed by atoms with E-state index >= 15 is 0 Å². The fourth-order valence-corrected chi connectivity index (χ4v) is 1.32. The van der Waals surface area contributed by atoms with Crippen LogP contribution >= 0.6 is 9.24 Å². The molecule has 4 heteroatoms. The molecule has 0 amide bonds. The number of rotatable bonds is 2. The second-order valence-corrected chi connectivity index (χ2v) is 3.38. The molecule has 0 fully saturated rings. The standard InChI is InChI=1S/C7H8O2PS/c8-11(9)7-3-1-6(5-10)2-4-7/h1-5,11H,10H2. The summed E-state index contributed by atoms with van der Waals surface area (Å²) in [6.45, 7) is 0. The highest BCUT2D eigenvalue weighted by Gasteiger charge is 1.93. The zero-order valence-electron chi connectivity index (χ0n) is 5.73. The van der Waals surface area contributed by atoms with Gasteiger partial charge in [-0.25, -0.2) is 8.42 Å². The molecule has 1 rings (SSSR count). The maximum atomic E-state index is 10.4. The fraction of sp³-hybridized carbons (Fsp3) is 0. The van der Waals surface area contributed by atoms with Crippen LogP contribution in [-0.4, -0.2) is 8.42 Å². The second kappa shape index (κ2) is 3.84. The first-order chi connectivity index (χ1) is 5.24. The lowest BCUT2D eigenvalue weighted by molar-refractivity contribution is 0.614. The van der Waals surface area contributed by atoms with Gasteiger partial charge in [0.25, 0.3) is 0 Å². The molecule has 1 unspecified atom stereocenters. The van der Waals surface area contributed by atoms with Gasteiger partial charge in [-0.05, 0) is 17.7 Å². The molecule has 59 valence electrons. The number of benzene rings is 1. The van der Waals surface area contributed by atoms with Gasteiger partial charge in [0.2, 0.25) is 0 Å². The lowest BCUT2D eigenvalue weighted by Crippen LogP contribution is -1.80. The van der Waals surface area contributed by atoms with E-state index in [-0.39, 0.29) is 0 Å². The highest BCUT2D eigenvalue weighted by molar-refractivity contribution is 7.72. The second-order valence-electron chi connectivity index (χ2n) is 2.02. The van der Waals surface area contributed by atoms with Gasteiger partial charge in [0.05, 0.1) is 4.90 Å². The van der Waals surface area contributed by atoms with Crippen LogP contribution in [0.3, 0.4) is 0 Å². The summed E-state index contributed by atoms with van der Waals surface area (Å²) < 4.78 is 20.8. The molecule has 1 aromatic rings. The summed E-state index contributed by atoms with van der Waals surface area (Å²) in [7, 11) is 0.0238. The van der Waals surface area contributed by atoms with Crippen LogP contribution in [0.25, 0.3) is 0 Å². The molecule has 0 aromatic heterocycles. The van der Waals surface area contributed by atoms with Crippen molar-refractivity contribution in [2.45, 2.75) is 4.90 Å². The van der Waals surface area contributed by atoms with Crippen molar-refractivity contribution in [3.05, 3.63) is 36.0 Å². The summed E-state index contributed by atoms with van der Waals surface area (Å²) in [5.74, 6) is 0. The predicted octanol–water partition coefficient (Wildman–Crippen LogP) is 1.04. The zero-order chi connectivity index (χ0) is 8.27. The third-order valence-electron chi connectivity index (χ3n) is 1.30. The van der Waals surface area contributed by atoms with Gasteiger partial charge in [-0.1, -0.05) is 12.1 Å². The number of hydrogen-bond donors (Lipinski definition) is 1. The Balaban J connectivity index is 3.01. The van der Waals surface area contributed by atoms with Gasteiger partial charge < -0.3 is 0 Å². The van der Waals surface area contributed by atoms with E-state index < -0.39 is 10.7 Å². The van der Waals surface area contributed by atoms with E-state index in [2.05, 4.69) is 9.24 Å². The minimum Gasteiger partial charge on any atom is -0.227 e.